The molecule has 0 aliphatic rings. The van der Waals surface area contributed by atoms with E-state index in [4.69, 9.17) is 0 Å². The highest BCUT2D eigenvalue weighted by molar-refractivity contribution is 7.94. The van der Waals surface area contributed by atoms with Gasteiger partial charge in [-0.2, -0.15) is 0 Å². The van der Waals surface area contributed by atoms with Crippen LogP contribution in [0, 0.1) is 6.92 Å². The predicted octanol–water partition coefficient (Wildman–Crippen LogP) is 1.76. The molecule has 2 rings (SSSR count). The molecule has 0 saturated heterocycles. The van der Waals surface area contributed by atoms with Crippen LogP contribution in [0.4, 0.5) is 5.95 Å². The van der Waals surface area contributed by atoms with E-state index in [9.17, 15) is 8.42 Å². The molecule has 2 aromatic rings. The molecule has 2 heterocycles. The van der Waals surface area contributed by atoms with Gasteiger partial charge in [-0.25, -0.2) is 23.1 Å². The lowest BCUT2D eigenvalue weighted by atomic mass is 10.3. The summed E-state index contributed by atoms with van der Waals surface area (Å²) in [4.78, 5) is 8.73. The van der Waals surface area contributed by atoms with Crippen LogP contribution in [-0.2, 0) is 16.6 Å². The van der Waals surface area contributed by atoms with Crippen LogP contribution in [-0.4, -0.2) is 24.9 Å². The minimum absolute atomic E-state index is 0.0757. The summed E-state index contributed by atoms with van der Waals surface area (Å²) in [5, 5.41) is 3.19. The summed E-state index contributed by atoms with van der Waals surface area (Å²) in [6.07, 6.45) is 2.97. The fourth-order valence-corrected chi connectivity index (χ4v) is 4.07. The summed E-state index contributed by atoms with van der Waals surface area (Å²) < 4.78 is 27.1. The van der Waals surface area contributed by atoms with Crippen molar-refractivity contribution in [3.8, 4) is 0 Å². The molecule has 20 heavy (non-hydrogen) atoms. The molecule has 0 unspecified atom stereocenters. The van der Waals surface area contributed by atoms with E-state index in [2.05, 4.69) is 20.0 Å². The Morgan fingerprint density at radius 3 is 2.65 bits per heavy atom. The minimum Gasteiger partial charge on any atom is -0.312 e. The smallest absolute Gasteiger partial charge is 0.273 e. The van der Waals surface area contributed by atoms with E-state index in [1.165, 1.54) is 23.7 Å². The molecule has 0 radical (unpaired) electrons. The first kappa shape index (κ1) is 14.9. The maximum atomic E-state index is 12.2. The van der Waals surface area contributed by atoms with Crippen LogP contribution in [0.25, 0.3) is 0 Å². The predicted molar refractivity (Wildman–Crippen MR) is 79.3 cm³/mol. The van der Waals surface area contributed by atoms with Crippen molar-refractivity contribution < 1.29 is 8.42 Å². The maximum absolute atomic E-state index is 12.2. The molecule has 0 fully saturated rings. The van der Waals surface area contributed by atoms with E-state index in [0.717, 1.165) is 17.0 Å². The molecule has 0 aliphatic carbocycles. The Hall–Kier alpha value is -1.51. The van der Waals surface area contributed by atoms with E-state index in [1.54, 1.807) is 12.1 Å². The van der Waals surface area contributed by atoms with Crippen molar-refractivity contribution in [2.75, 3.05) is 11.3 Å². The van der Waals surface area contributed by atoms with E-state index in [1.807, 2.05) is 13.8 Å². The van der Waals surface area contributed by atoms with Gasteiger partial charge in [-0.05, 0) is 31.2 Å². The van der Waals surface area contributed by atoms with E-state index >= 15 is 0 Å². The van der Waals surface area contributed by atoms with Gasteiger partial charge in [0.1, 0.15) is 4.21 Å². The summed E-state index contributed by atoms with van der Waals surface area (Å²) in [5.41, 5.74) is 0.963. The lowest BCUT2D eigenvalue weighted by molar-refractivity contribution is 0.602. The fraction of sp³-hybridized carbons (Fsp3) is 0.333. The summed E-state index contributed by atoms with van der Waals surface area (Å²) in [7, 11) is -3.62. The monoisotopic (exact) mass is 312 g/mol. The van der Waals surface area contributed by atoms with E-state index in [0.29, 0.717) is 6.54 Å². The number of hydrogen-bond acceptors (Lipinski definition) is 6. The molecule has 0 aromatic carbocycles. The molecule has 0 bridgehead atoms. The van der Waals surface area contributed by atoms with E-state index < -0.39 is 10.0 Å². The molecule has 108 valence electrons. The molecular weight excluding hydrogens is 296 g/mol. The number of thiophene rings is 1. The third kappa shape index (κ3) is 3.53. The standard InChI is InChI=1S/C12H16N4O2S2/c1-3-13-8-10-9(2)7-11(19-10)20(17,18)16-12-14-5-4-6-15-12/h4-7,13H,3,8H2,1-2H3,(H,14,15,16). The Morgan fingerprint density at radius 1 is 1.30 bits per heavy atom. The Balaban J connectivity index is 2.21. The first-order valence-electron chi connectivity index (χ1n) is 6.13. The fourth-order valence-electron chi connectivity index (χ4n) is 1.56. The quantitative estimate of drug-likeness (QED) is 0.849. The van der Waals surface area contributed by atoms with Crippen molar-refractivity contribution in [1.82, 2.24) is 15.3 Å². The van der Waals surface area contributed by atoms with Gasteiger partial charge < -0.3 is 5.32 Å². The van der Waals surface area contributed by atoms with Gasteiger partial charge >= 0.3 is 0 Å². The van der Waals surface area contributed by atoms with E-state index in [-0.39, 0.29) is 10.2 Å². The van der Waals surface area contributed by atoms with Gasteiger partial charge in [0.05, 0.1) is 0 Å². The second kappa shape index (κ2) is 6.29. The van der Waals surface area contributed by atoms with Crippen molar-refractivity contribution in [2.45, 2.75) is 24.6 Å². The first-order chi connectivity index (χ1) is 9.53. The van der Waals surface area contributed by atoms with Gasteiger partial charge in [0.2, 0.25) is 5.95 Å². The minimum atomic E-state index is -3.62. The summed E-state index contributed by atoms with van der Waals surface area (Å²) in [6.45, 7) is 5.43. The molecule has 0 saturated carbocycles. The topological polar surface area (TPSA) is 84.0 Å². The summed E-state index contributed by atoms with van der Waals surface area (Å²) in [5.74, 6) is 0.0757. The molecule has 0 spiro atoms. The Kier molecular flexibility index (Phi) is 4.69. The number of nitrogens with one attached hydrogen (secondary N) is 2. The van der Waals surface area contributed by atoms with Gasteiger partial charge in [-0.1, -0.05) is 6.92 Å². The Bertz CT molecular complexity index is 668. The second-order valence-corrected chi connectivity index (χ2v) is 7.18. The third-order valence-electron chi connectivity index (χ3n) is 2.59. The van der Waals surface area contributed by atoms with Crippen LogP contribution in [0.1, 0.15) is 17.4 Å². The number of sulfonamides is 1. The number of aromatic nitrogens is 2. The van der Waals surface area contributed by atoms with Crippen molar-refractivity contribution in [2.24, 2.45) is 0 Å². The highest BCUT2D eigenvalue weighted by Crippen LogP contribution is 2.26. The van der Waals surface area contributed by atoms with Crippen molar-refractivity contribution in [1.29, 1.82) is 0 Å². The largest absolute Gasteiger partial charge is 0.312 e. The van der Waals surface area contributed by atoms with Gasteiger partial charge in [0.25, 0.3) is 10.0 Å². The van der Waals surface area contributed by atoms with Gasteiger partial charge in [0.15, 0.2) is 0 Å². The average molecular weight is 312 g/mol. The molecule has 0 atom stereocenters. The zero-order valence-corrected chi connectivity index (χ0v) is 12.9. The van der Waals surface area contributed by atoms with Gasteiger partial charge in [-0.15, -0.1) is 11.3 Å². The Labute approximate surface area is 122 Å². The average Bonchev–Trinajstić information content (AvgIpc) is 2.79. The van der Waals surface area contributed by atoms with Crippen LogP contribution in [0.5, 0.6) is 0 Å². The molecular formula is C12H16N4O2S2. The number of rotatable bonds is 6. The maximum Gasteiger partial charge on any atom is 0.273 e. The number of anilines is 1. The normalized spacial score (nSPS) is 11.5. The summed E-state index contributed by atoms with van der Waals surface area (Å²) in [6, 6.07) is 3.30. The van der Waals surface area contributed by atoms with Gasteiger partial charge in [-0.3, -0.25) is 0 Å². The van der Waals surface area contributed by atoms with Crippen LogP contribution >= 0.6 is 11.3 Å². The number of nitrogens with zero attached hydrogens (tertiary/aromatic N) is 2. The van der Waals surface area contributed by atoms with Crippen molar-refractivity contribution in [3.63, 3.8) is 0 Å². The van der Waals surface area contributed by atoms with Crippen molar-refractivity contribution in [3.05, 3.63) is 35.0 Å². The Morgan fingerprint density at radius 2 is 2.00 bits per heavy atom. The highest BCUT2D eigenvalue weighted by atomic mass is 32.2. The lowest BCUT2D eigenvalue weighted by Crippen LogP contribution is -2.13. The zero-order chi connectivity index (χ0) is 14.6. The molecule has 8 heteroatoms. The lowest BCUT2D eigenvalue weighted by Gasteiger charge is -2.03. The molecule has 0 aliphatic heterocycles. The van der Waals surface area contributed by atoms with Gasteiger partial charge in [0, 0.05) is 23.8 Å². The molecule has 6 nitrogen and oxygen atoms in total. The first-order valence-corrected chi connectivity index (χ1v) is 8.42. The zero-order valence-electron chi connectivity index (χ0n) is 11.3. The van der Waals surface area contributed by atoms with Crippen LogP contribution < -0.4 is 10.0 Å². The summed E-state index contributed by atoms with van der Waals surface area (Å²) >= 11 is 1.26. The highest BCUT2D eigenvalue weighted by Gasteiger charge is 2.19. The SMILES string of the molecule is CCNCc1sc(S(=O)(=O)Nc2ncccn2)cc1C. The number of hydrogen-bond donors (Lipinski definition) is 2. The van der Waals surface area contributed by atoms with Crippen molar-refractivity contribution >= 4 is 27.3 Å². The third-order valence-corrected chi connectivity index (χ3v) is 5.63. The molecule has 2 N–H and O–H groups in total. The number of aryl methyl sites for hydroxylation is 1. The molecule has 0 amide bonds. The second-order valence-electron chi connectivity index (χ2n) is 4.13. The van der Waals surface area contributed by atoms with Crippen LogP contribution in [0.2, 0.25) is 0 Å². The van der Waals surface area contributed by atoms with Crippen LogP contribution in [0.15, 0.2) is 28.7 Å². The van der Waals surface area contributed by atoms with Crippen LogP contribution in [0.3, 0.4) is 0 Å². The molecule has 2 aromatic heterocycles.